The van der Waals surface area contributed by atoms with Crippen LogP contribution in [0.1, 0.15) is 17.0 Å². The van der Waals surface area contributed by atoms with E-state index >= 15 is 0 Å². The lowest BCUT2D eigenvalue weighted by Crippen LogP contribution is -2.24. The van der Waals surface area contributed by atoms with Gasteiger partial charge in [-0.05, 0) is 11.6 Å². The maximum absolute atomic E-state index is 11.4. The Hall–Kier alpha value is -2.47. The Morgan fingerprint density at radius 1 is 1.35 bits per heavy atom. The molecule has 2 aromatic rings. The summed E-state index contributed by atoms with van der Waals surface area (Å²) < 4.78 is 1.46. The molecule has 0 aliphatic carbocycles. The number of nitrogens with zero attached hydrogens (tertiary/aromatic N) is 3. The van der Waals surface area contributed by atoms with E-state index in [1.54, 1.807) is 13.1 Å². The number of carbonyl (C=O) groups excluding carboxylic acids is 1. The number of rotatable bonds is 5. The topological polar surface area (TPSA) is 80.0 Å². The Kier molecular flexibility index (Phi) is 4.62. The lowest BCUT2D eigenvalue weighted by atomic mass is 10.2. The number of amides is 1. The summed E-state index contributed by atoms with van der Waals surface area (Å²) in [4.78, 5) is 11.4. The highest BCUT2D eigenvalue weighted by Gasteiger charge is 2.11. The molecule has 104 valence electrons. The van der Waals surface area contributed by atoms with Gasteiger partial charge < -0.3 is 10.4 Å². The summed E-state index contributed by atoms with van der Waals surface area (Å²) in [6.07, 6.45) is 3.68. The molecule has 1 aromatic carbocycles. The van der Waals surface area contributed by atoms with Gasteiger partial charge in [-0.25, -0.2) is 4.68 Å². The molecule has 1 aromatic heterocycles. The predicted molar refractivity (Wildman–Crippen MR) is 75.4 cm³/mol. The van der Waals surface area contributed by atoms with Gasteiger partial charge in [0.25, 0.3) is 0 Å². The van der Waals surface area contributed by atoms with E-state index < -0.39 is 0 Å². The third-order valence-corrected chi connectivity index (χ3v) is 2.80. The monoisotopic (exact) mass is 272 g/mol. The summed E-state index contributed by atoms with van der Waals surface area (Å²) in [5.74, 6) is -0.172. The fourth-order valence-corrected chi connectivity index (χ4v) is 1.72. The molecule has 0 spiro atoms. The molecule has 0 bridgehead atoms. The Labute approximate surface area is 116 Å². The number of hydrogen-bond donors (Lipinski definition) is 2. The van der Waals surface area contributed by atoms with E-state index in [2.05, 4.69) is 15.6 Å². The second-order valence-electron chi connectivity index (χ2n) is 4.15. The number of nitrogens with one attached hydrogen (secondary N) is 1. The first-order valence-electron chi connectivity index (χ1n) is 6.21. The molecule has 2 rings (SSSR count). The fraction of sp³-hybridized carbons (Fsp3) is 0.214. The second-order valence-corrected chi connectivity index (χ2v) is 4.15. The minimum absolute atomic E-state index is 0.0674. The van der Waals surface area contributed by atoms with Crippen LogP contribution in [0.4, 0.5) is 0 Å². The van der Waals surface area contributed by atoms with Crippen LogP contribution in [0.3, 0.4) is 0 Å². The smallest absolute Gasteiger partial charge is 0.241 e. The van der Waals surface area contributed by atoms with Crippen LogP contribution in [0.2, 0.25) is 0 Å². The largest absolute Gasteiger partial charge is 0.390 e. The van der Waals surface area contributed by atoms with Crippen LogP contribution in [-0.4, -0.2) is 33.1 Å². The number of carbonyl (C=O) groups is 1. The van der Waals surface area contributed by atoms with Crippen molar-refractivity contribution in [1.29, 1.82) is 0 Å². The van der Waals surface area contributed by atoms with Gasteiger partial charge in [0.2, 0.25) is 5.91 Å². The van der Waals surface area contributed by atoms with Gasteiger partial charge in [0.05, 0.1) is 12.3 Å². The lowest BCUT2D eigenvalue weighted by Gasteiger charge is -2.03. The number of aliphatic hydroxyl groups is 1. The highest BCUT2D eigenvalue weighted by Crippen LogP contribution is 2.11. The van der Waals surface area contributed by atoms with Crippen LogP contribution < -0.4 is 5.32 Å². The van der Waals surface area contributed by atoms with Crippen molar-refractivity contribution >= 4 is 18.1 Å². The molecule has 0 aliphatic heterocycles. The summed E-state index contributed by atoms with van der Waals surface area (Å²) in [6.45, 7) is -0.153. The lowest BCUT2D eigenvalue weighted by molar-refractivity contribution is -0.121. The molecule has 0 aliphatic rings. The molecule has 20 heavy (non-hydrogen) atoms. The zero-order valence-electron chi connectivity index (χ0n) is 11.2. The first kappa shape index (κ1) is 14.0. The van der Waals surface area contributed by atoms with Crippen molar-refractivity contribution in [2.45, 2.75) is 13.2 Å². The van der Waals surface area contributed by atoms with Crippen molar-refractivity contribution in [3.8, 4) is 0 Å². The van der Waals surface area contributed by atoms with Crippen molar-refractivity contribution < 1.29 is 9.90 Å². The summed E-state index contributed by atoms with van der Waals surface area (Å²) in [7, 11) is 1.56. The summed E-state index contributed by atoms with van der Waals surface area (Å²) in [5, 5.41) is 19.5. The highest BCUT2D eigenvalue weighted by molar-refractivity contribution is 5.76. The van der Waals surface area contributed by atoms with Crippen LogP contribution >= 0.6 is 0 Å². The first-order chi connectivity index (χ1) is 9.74. The van der Waals surface area contributed by atoms with Gasteiger partial charge >= 0.3 is 0 Å². The Bertz CT molecular complexity index is 605. The molecule has 0 radical (unpaired) electrons. The SMILES string of the molecule is CNC(=O)Cn1nnc(CO)c1/C=C/c1ccccc1. The quantitative estimate of drug-likeness (QED) is 0.839. The van der Waals surface area contributed by atoms with Gasteiger partial charge in [-0.1, -0.05) is 41.6 Å². The molecule has 0 saturated heterocycles. The van der Waals surface area contributed by atoms with Crippen molar-refractivity contribution in [3.63, 3.8) is 0 Å². The molecule has 2 N–H and O–H groups in total. The van der Waals surface area contributed by atoms with Crippen molar-refractivity contribution in [1.82, 2.24) is 20.3 Å². The van der Waals surface area contributed by atoms with Gasteiger partial charge in [0, 0.05) is 7.05 Å². The number of aliphatic hydroxyl groups excluding tert-OH is 1. The van der Waals surface area contributed by atoms with E-state index in [1.165, 1.54) is 4.68 Å². The number of likely N-dealkylation sites (N-methyl/N-ethyl adjacent to an activating group) is 1. The summed E-state index contributed by atoms with van der Waals surface area (Å²) in [5.41, 5.74) is 2.09. The molecule has 1 heterocycles. The van der Waals surface area contributed by atoms with E-state index in [0.29, 0.717) is 11.4 Å². The fourth-order valence-electron chi connectivity index (χ4n) is 1.72. The van der Waals surface area contributed by atoms with E-state index in [4.69, 9.17) is 0 Å². The molecule has 6 heteroatoms. The summed E-state index contributed by atoms with van der Waals surface area (Å²) >= 11 is 0. The van der Waals surface area contributed by atoms with Gasteiger partial charge in [-0.2, -0.15) is 0 Å². The van der Waals surface area contributed by atoms with Crippen molar-refractivity contribution in [2.75, 3.05) is 7.05 Å². The standard InChI is InChI=1S/C14H16N4O2/c1-15-14(20)9-18-13(12(10-19)16-17-18)8-7-11-5-3-2-4-6-11/h2-8,19H,9-10H2,1H3,(H,15,20)/b8-7+. The summed E-state index contributed by atoms with van der Waals surface area (Å²) in [6, 6.07) is 9.73. The Morgan fingerprint density at radius 3 is 2.75 bits per heavy atom. The predicted octanol–water partition coefficient (Wildman–Crippen LogP) is 0.687. The highest BCUT2D eigenvalue weighted by atomic mass is 16.3. The molecule has 6 nitrogen and oxygen atoms in total. The van der Waals surface area contributed by atoms with Crippen LogP contribution in [-0.2, 0) is 17.9 Å². The van der Waals surface area contributed by atoms with Crippen LogP contribution in [0.15, 0.2) is 30.3 Å². The van der Waals surface area contributed by atoms with Crippen LogP contribution in [0.25, 0.3) is 12.2 Å². The minimum Gasteiger partial charge on any atom is -0.390 e. The van der Waals surface area contributed by atoms with E-state index in [-0.39, 0.29) is 19.1 Å². The van der Waals surface area contributed by atoms with Crippen molar-refractivity contribution in [3.05, 3.63) is 47.3 Å². The number of hydrogen-bond acceptors (Lipinski definition) is 4. The van der Waals surface area contributed by atoms with Gasteiger partial charge in [0.1, 0.15) is 12.2 Å². The molecule has 0 fully saturated rings. The number of benzene rings is 1. The molecular weight excluding hydrogens is 256 g/mol. The third kappa shape index (κ3) is 3.30. The zero-order chi connectivity index (χ0) is 14.4. The van der Waals surface area contributed by atoms with E-state index in [1.807, 2.05) is 36.4 Å². The van der Waals surface area contributed by atoms with E-state index in [9.17, 15) is 9.90 Å². The average Bonchev–Trinajstić information content (AvgIpc) is 2.88. The van der Waals surface area contributed by atoms with Gasteiger partial charge in [-0.15, -0.1) is 5.10 Å². The normalized spacial score (nSPS) is 10.9. The van der Waals surface area contributed by atoms with Gasteiger partial charge in [-0.3, -0.25) is 4.79 Å². The average molecular weight is 272 g/mol. The third-order valence-electron chi connectivity index (χ3n) is 2.80. The molecule has 0 saturated carbocycles. The Morgan fingerprint density at radius 2 is 2.10 bits per heavy atom. The van der Waals surface area contributed by atoms with E-state index in [0.717, 1.165) is 5.56 Å². The van der Waals surface area contributed by atoms with Crippen LogP contribution in [0.5, 0.6) is 0 Å². The maximum Gasteiger partial charge on any atom is 0.241 e. The van der Waals surface area contributed by atoms with Crippen LogP contribution in [0, 0.1) is 0 Å². The molecular formula is C14H16N4O2. The number of aromatic nitrogens is 3. The molecule has 0 unspecified atom stereocenters. The second kappa shape index (κ2) is 6.63. The Balaban J connectivity index is 2.27. The molecule has 1 amide bonds. The maximum atomic E-state index is 11.4. The van der Waals surface area contributed by atoms with Gasteiger partial charge in [0.15, 0.2) is 0 Å². The minimum atomic E-state index is -0.220. The first-order valence-corrected chi connectivity index (χ1v) is 6.21. The zero-order valence-corrected chi connectivity index (χ0v) is 11.2. The molecule has 0 atom stereocenters. The van der Waals surface area contributed by atoms with Crippen molar-refractivity contribution in [2.24, 2.45) is 0 Å².